The summed E-state index contributed by atoms with van der Waals surface area (Å²) in [6, 6.07) is 3.24. The van der Waals surface area contributed by atoms with Gasteiger partial charge < -0.3 is 5.11 Å². The SMILES string of the molecule is O=S(=O)(Cc1c(F)cccc1F)N1CCCC(O)C1. The lowest BCUT2D eigenvalue weighted by Crippen LogP contribution is -2.42. The van der Waals surface area contributed by atoms with Crippen molar-refractivity contribution in [3.05, 3.63) is 35.4 Å². The molecule has 1 aromatic carbocycles. The van der Waals surface area contributed by atoms with E-state index in [0.717, 1.165) is 16.4 Å². The van der Waals surface area contributed by atoms with Gasteiger partial charge in [-0.15, -0.1) is 0 Å². The molecule has 1 atom stereocenters. The lowest BCUT2D eigenvalue weighted by atomic mass is 10.1. The summed E-state index contributed by atoms with van der Waals surface area (Å²) >= 11 is 0. The van der Waals surface area contributed by atoms with E-state index in [1.807, 2.05) is 0 Å². The van der Waals surface area contributed by atoms with Crippen LogP contribution < -0.4 is 0 Å². The number of aliphatic hydroxyl groups excluding tert-OH is 1. The molecule has 0 spiro atoms. The zero-order chi connectivity index (χ0) is 14.0. The van der Waals surface area contributed by atoms with Crippen LogP contribution in [0.5, 0.6) is 0 Å². The average Bonchev–Trinajstić information content (AvgIpc) is 2.34. The molecule has 1 heterocycles. The molecule has 0 amide bonds. The van der Waals surface area contributed by atoms with Crippen LogP contribution in [0, 0.1) is 11.6 Å². The molecule has 1 fully saturated rings. The molecule has 1 aliphatic rings. The molecule has 1 N–H and O–H groups in total. The van der Waals surface area contributed by atoms with Crippen molar-refractivity contribution in [2.75, 3.05) is 13.1 Å². The Morgan fingerprint density at radius 2 is 1.95 bits per heavy atom. The largest absolute Gasteiger partial charge is 0.392 e. The second-order valence-electron chi connectivity index (χ2n) is 4.61. The third-order valence-electron chi connectivity index (χ3n) is 3.14. The molecule has 4 nitrogen and oxygen atoms in total. The van der Waals surface area contributed by atoms with Crippen molar-refractivity contribution < 1.29 is 22.3 Å². The molecule has 1 unspecified atom stereocenters. The van der Waals surface area contributed by atoms with Gasteiger partial charge in [-0.25, -0.2) is 17.2 Å². The molecule has 1 aliphatic heterocycles. The number of hydrogen-bond donors (Lipinski definition) is 1. The molecule has 0 radical (unpaired) electrons. The maximum Gasteiger partial charge on any atom is 0.218 e. The van der Waals surface area contributed by atoms with Gasteiger partial charge in [-0.2, -0.15) is 4.31 Å². The number of sulfonamides is 1. The minimum atomic E-state index is -3.82. The van der Waals surface area contributed by atoms with Gasteiger partial charge in [0, 0.05) is 18.7 Å². The highest BCUT2D eigenvalue weighted by atomic mass is 32.2. The molecule has 0 bridgehead atoms. The number of nitrogens with zero attached hydrogens (tertiary/aromatic N) is 1. The third kappa shape index (κ3) is 3.29. The lowest BCUT2D eigenvalue weighted by molar-refractivity contribution is 0.108. The number of aliphatic hydroxyl groups is 1. The normalized spacial score (nSPS) is 21.5. The monoisotopic (exact) mass is 291 g/mol. The fourth-order valence-electron chi connectivity index (χ4n) is 2.12. The summed E-state index contributed by atoms with van der Waals surface area (Å²) in [6.07, 6.45) is 0.370. The quantitative estimate of drug-likeness (QED) is 0.912. The zero-order valence-electron chi connectivity index (χ0n) is 10.2. The Morgan fingerprint density at radius 1 is 1.32 bits per heavy atom. The molecule has 7 heteroatoms. The minimum absolute atomic E-state index is 0.0155. The van der Waals surface area contributed by atoms with Gasteiger partial charge >= 0.3 is 0 Å². The number of rotatable bonds is 3. The van der Waals surface area contributed by atoms with Crippen molar-refractivity contribution >= 4 is 10.0 Å². The van der Waals surface area contributed by atoms with Gasteiger partial charge in [0.1, 0.15) is 11.6 Å². The zero-order valence-corrected chi connectivity index (χ0v) is 11.0. The summed E-state index contributed by atoms with van der Waals surface area (Å²) in [4.78, 5) is 0. The number of halogens is 2. The number of hydrogen-bond acceptors (Lipinski definition) is 3. The van der Waals surface area contributed by atoms with E-state index in [2.05, 4.69) is 0 Å². The summed E-state index contributed by atoms with van der Waals surface area (Å²) < 4.78 is 52.2. The molecular weight excluding hydrogens is 276 g/mol. The molecule has 2 rings (SSSR count). The maximum absolute atomic E-state index is 13.5. The molecule has 19 heavy (non-hydrogen) atoms. The Bertz CT molecular complexity index is 542. The van der Waals surface area contributed by atoms with Crippen LogP contribution in [0.2, 0.25) is 0 Å². The van der Waals surface area contributed by atoms with Crippen molar-refractivity contribution in [1.82, 2.24) is 4.31 Å². The van der Waals surface area contributed by atoms with Crippen LogP contribution in [0.15, 0.2) is 18.2 Å². The highest BCUT2D eigenvalue weighted by Gasteiger charge is 2.29. The Labute approximate surface area is 110 Å². The first-order chi connectivity index (χ1) is 8.90. The van der Waals surface area contributed by atoms with E-state index in [9.17, 15) is 22.3 Å². The van der Waals surface area contributed by atoms with Crippen LogP contribution in [0.1, 0.15) is 18.4 Å². The first-order valence-corrected chi connectivity index (χ1v) is 7.60. The van der Waals surface area contributed by atoms with E-state index in [4.69, 9.17) is 0 Å². The van der Waals surface area contributed by atoms with E-state index in [-0.39, 0.29) is 13.1 Å². The fourth-order valence-corrected chi connectivity index (χ4v) is 3.75. The van der Waals surface area contributed by atoms with E-state index in [1.165, 1.54) is 6.07 Å². The van der Waals surface area contributed by atoms with Crippen LogP contribution >= 0.6 is 0 Å². The van der Waals surface area contributed by atoms with Crippen molar-refractivity contribution in [3.63, 3.8) is 0 Å². The van der Waals surface area contributed by atoms with Gasteiger partial charge in [-0.1, -0.05) is 6.07 Å². The van der Waals surface area contributed by atoms with E-state index in [0.29, 0.717) is 12.8 Å². The number of β-amino-alcohol motifs (C(OH)–C–C–N with tert-alkyl or cyclic N) is 1. The van der Waals surface area contributed by atoms with Crippen LogP contribution in [0.3, 0.4) is 0 Å². The highest BCUT2D eigenvalue weighted by Crippen LogP contribution is 2.20. The van der Waals surface area contributed by atoms with Gasteiger partial charge in [0.15, 0.2) is 0 Å². The predicted octanol–water partition coefficient (Wildman–Crippen LogP) is 1.25. The standard InChI is InChI=1S/C12H15F2NO3S/c13-11-4-1-5-12(14)10(11)8-19(17,18)15-6-2-3-9(16)7-15/h1,4-5,9,16H,2-3,6-8H2. The van der Waals surface area contributed by atoms with E-state index >= 15 is 0 Å². The van der Waals surface area contributed by atoms with Gasteiger partial charge in [0.2, 0.25) is 10.0 Å². The molecule has 1 saturated heterocycles. The Kier molecular flexibility index (Phi) is 4.17. The van der Waals surface area contributed by atoms with Crippen LogP contribution in [0.25, 0.3) is 0 Å². The van der Waals surface area contributed by atoms with Gasteiger partial charge in [0.05, 0.1) is 11.9 Å². The predicted molar refractivity (Wildman–Crippen MR) is 65.8 cm³/mol. The summed E-state index contributed by atoms with van der Waals surface area (Å²) in [5.41, 5.74) is -0.456. The van der Waals surface area contributed by atoms with Crippen molar-refractivity contribution in [2.24, 2.45) is 0 Å². The van der Waals surface area contributed by atoms with Gasteiger partial charge in [-0.3, -0.25) is 0 Å². The minimum Gasteiger partial charge on any atom is -0.392 e. The van der Waals surface area contributed by atoms with Crippen LogP contribution in [-0.2, 0) is 15.8 Å². The Hall–Kier alpha value is -1.05. The lowest BCUT2D eigenvalue weighted by Gasteiger charge is -2.29. The third-order valence-corrected chi connectivity index (χ3v) is 4.91. The van der Waals surface area contributed by atoms with Gasteiger partial charge in [-0.05, 0) is 25.0 Å². The average molecular weight is 291 g/mol. The molecule has 0 saturated carbocycles. The second-order valence-corrected chi connectivity index (χ2v) is 6.58. The smallest absolute Gasteiger partial charge is 0.218 e. The summed E-state index contributed by atoms with van der Waals surface area (Å²) in [7, 11) is -3.82. The topological polar surface area (TPSA) is 57.6 Å². The van der Waals surface area contributed by atoms with Gasteiger partial charge in [0.25, 0.3) is 0 Å². The van der Waals surface area contributed by atoms with Crippen molar-refractivity contribution in [2.45, 2.75) is 24.7 Å². The van der Waals surface area contributed by atoms with Crippen molar-refractivity contribution in [3.8, 4) is 0 Å². The molecule has 0 aromatic heterocycles. The molecule has 1 aromatic rings. The second kappa shape index (κ2) is 5.52. The number of piperidine rings is 1. The Balaban J connectivity index is 2.21. The molecular formula is C12H15F2NO3S. The first kappa shape index (κ1) is 14.4. The summed E-state index contributed by atoms with van der Waals surface area (Å²) in [5, 5.41) is 9.46. The maximum atomic E-state index is 13.5. The molecule has 0 aliphatic carbocycles. The van der Waals surface area contributed by atoms with Crippen LogP contribution in [0.4, 0.5) is 8.78 Å². The Morgan fingerprint density at radius 3 is 2.53 bits per heavy atom. The fraction of sp³-hybridized carbons (Fsp3) is 0.500. The first-order valence-electron chi connectivity index (χ1n) is 5.99. The summed E-state index contributed by atoms with van der Waals surface area (Å²) in [5.74, 6) is -2.47. The highest BCUT2D eigenvalue weighted by molar-refractivity contribution is 7.88. The van der Waals surface area contributed by atoms with Crippen LogP contribution in [-0.4, -0.2) is 37.0 Å². The molecule has 106 valence electrons. The number of benzene rings is 1. The van der Waals surface area contributed by atoms with E-state index in [1.54, 1.807) is 0 Å². The summed E-state index contributed by atoms with van der Waals surface area (Å²) in [6.45, 7) is 0.258. The van der Waals surface area contributed by atoms with E-state index < -0.39 is 39.1 Å². The van der Waals surface area contributed by atoms with Crippen molar-refractivity contribution in [1.29, 1.82) is 0 Å².